The van der Waals surface area contributed by atoms with Crippen molar-refractivity contribution in [3.63, 3.8) is 0 Å². The summed E-state index contributed by atoms with van der Waals surface area (Å²) in [6, 6.07) is 11.2. The molecular weight excluding hydrogens is 438 g/mol. The van der Waals surface area contributed by atoms with Gasteiger partial charge in [0.15, 0.2) is 11.6 Å². The third-order valence-electron chi connectivity index (χ3n) is 5.49. The lowest BCUT2D eigenvalue weighted by atomic mass is 10.0. The van der Waals surface area contributed by atoms with E-state index in [1.54, 1.807) is 0 Å². The van der Waals surface area contributed by atoms with Crippen LogP contribution in [0, 0.1) is 24.5 Å². The molecule has 1 amide bonds. The molecular formula is C21H20F2N6O2S. The first-order chi connectivity index (χ1) is 15.5. The summed E-state index contributed by atoms with van der Waals surface area (Å²) in [4.78, 5) is 19.1. The Hall–Kier alpha value is -2.86. The summed E-state index contributed by atoms with van der Waals surface area (Å²) in [6.45, 7) is 2.40. The highest BCUT2D eigenvalue weighted by molar-refractivity contribution is 7.99. The number of nitrogens with one attached hydrogen (secondary N) is 3. The van der Waals surface area contributed by atoms with Gasteiger partial charge in [0.2, 0.25) is 17.6 Å². The average molecular weight is 458 g/mol. The van der Waals surface area contributed by atoms with Crippen LogP contribution in [0.3, 0.4) is 0 Å². The van der Waals surface area contributed by atoms with E-state index in [0.717, 1.165) is 23.3 Å². The lowest BCUT2D eigenvalue weighted by Crippen LogP contribution is -2.64. The van der Waals surface area contributed by atoms with Crippen LogP contribution in [0.1, 0.15) is 11.5 Å². The van der Waals surface area contributed by atoms with Gasteiger partial charge in [-0.1, -0.05) is 29.4 Å². The molecule has 2 aliphatic rings. The van der Waals surface area contributed by atoms with Crippen molar-refractivity contribution >= 4 is 23.4 Å². The number of aromatic nitrogens is 2. The minimum absolute atomic E-state index is 0.194. The van der Waals surface area contributed by atoms with Crippen LogP contribution in [0.2, 0.25) is 0 Å². The standard InChI is InChI=1S/C21H20F2N6O2S/c1-11-4-2-3-5-13(11)19-25-17(31-28-19)10-32-21-26-18-14(9-24-27-18)20(30)29(21)12-6-7-15(22)16(23)8-12/h2-8,14,18,21,24,26-27H,9-10H2,1H3. The number of rotatable bonds is 5. The van der Waals surface area contributed by atoms with Crippen molar-refractivity contribution in [2.24, 2.45) is 5.92 Å². The van der Waals surface area contributed by atoms with Gasteiger partial charge >= 0.3 is 0 Å². The first kappa shape index (κ1) is 21.0. The maximum Gasteiger partial charge on any atom is 0.237 e. The molecule has 3 atom stereocenters. The molecule has 0 spiro atoms. The minimum atomic E-state index is -1.01. The monoisotopic (exact) mass is 458 g/mol. The highest BCUT2D eigenvalue weighted by atomic mass is 32.2. The van der Waals surface area contributed by atoms with Crippen LogP contribution in [0.5, 0.6) is 0 Å². The number of aryl methyl sites for hydroxylation is 1. The second kappa shape index (κ2) is 8.58. The van der Waals surface area contributed by atoms with E-state index in [1.165, 1.54) is 22.7 Å². The van der Waals surface area contributed by atoms with E-state index in [4.69, 9.17) is 4.52 Å². The smallest absolute Gasteiger partial charge is 0.237 e. The quantitative estimate of drug-likeness (QED) is 0.537. The topological polar surface area (TPSA) is 95.3 Å². The molecule has 2 aliphatic heterocycles. The number of carbonyl (C=O) groups is 1. The van der Waals surface area contributed by atoms with Gasteiger partial charge in [-0.25, -0.2) is 14.2 Å². The van der Waals surface area contributed by atoms with Crippen LogP contribution >= 0.6 is 11.8 Å². The second-order valence-corrected chi connectivity index (χ2v) is 8.64. The Morgan fingerprint density at radius 2 is 2.06 bits per heavy atom. The molecule has 2 fully saturated rings. The van der Waals surface area contributed by atoms with Gasteiger partial charge in [0.1, 0.15) is 5.50 Å². The summed E-state index contributed by atoms with van der Waals surface area (Å²) in [5.74, 6) is -1.35. The van der Waals surface area contributed by atoms with Crippen molar-refractivity contribution in [1.82, 2.24) is 26.3 Å². The first-order valence-electron chi connectivity index (χ1n) is 10.0. The number of hydrogen-bond acceptors (Lipinski definition) is 8. The molecule has 1 aromatic heterocycles. The maximum atomic E-state index is 13.9. The summed E-state index contributed by atoms with van der Waals surface area (Å²) in [5.41, 5.74) is 7.62. The summed E-state index contributed by atoms with van der Waals surface area (Å²) in [6.07, 6.45) is -0.285. The molecule has 0 aliphatic carbocycles. The van der Waals surface area contributed by atoms with Crippen molar-refractivity contribution in [2.45, 2.75) is 24.3 Å². The Kier molecular flexibility index (Phi) is 5.64. The Bertz CT molecular complexity index is 1160. The third-order valence-corrected chi connectivity index (χ3v) is 6.57. The molecule has 3 unspecified atom stereocenters. The molecule has 3 heterocycles. The van der Waals surface area contributed by atoms with Gasteiger partial charge in [-0.3, -0.25) is 20.4 Å². The van der Waals surface area contributed by atoms with Crippen molar-refractivity contribution < 1.29 is 18.1 Å². The van der Waals surface area contributed by atoms with E-state index in [2.05, 4.69) is 26.3 Å². The van der Waals surface area contributed by atoms with Crippen LogP contribution < -0.4 is 21.1 Å². The number of halogens is 2. The first-order valence-corrected chi connectivity index (χ1v) is 11.1. The van der Waals surface area contributed by atoms with Crippen LogP contribution in [0.4, 0.5) is 14.5 Å². The molecule has 11 heteroatoms. The number of amides is 1. The number of hydrazine groups is 1. The Labute approximate surface area is 186 Å². The number of carbonyl (C=O) groups excluding carboxylic acids is 1. The van der Waals surface area contributed by atoms with E-state index < -0.39 is 17.1 Å². The Balaban J connectivity index is 1.37. The molecule has 166 valence electrons. The molecule has 3 aromatic rings. The largest absolute Gasteiger partial charge is 0.338 e. The summed E-state index contributed by atoms with van der Waals surface area (Å²) >= 11 is 1.34. The zero-order chi connectivity index (χ0) is 22.2. The fourth-order valence-electron chi connectivity index (χ4n) is 3.82. The molecule has 0 saturated carbocycles. The van der Waals surface area contributed by atoms with Gasteiger partial charge in [0.25, 0.3) is 0 Å². The summed E-state index contributed by atoms with van der Waals surface area (Å²) in [7, 11) is 0. The van der Waals surface area contributed by atoms with E-state index in [0.29, 0.717) is 24.0 Å². The van der Waals surface area contributed by atoms with Crippen LogP contribution in [0.25, 0.3) is 11.4 Å². The molecule has 5 rings (SSSR count). The average Bonchev–Trinajstić information content (AvgIpc) is 3.44. The molecule has 3 N–H and O–H groups in total. The van der Waals surface area contributed by atoms with Gasteiger partial charge in [-0.2, -0.15) is 4.98 Å². The number of thioether (sulfide) groups is 1. The number of anilines is 1. The minimum Gasteiger partial charge on any atom is -0.338 e. The van der Waals surface area contributed by atoms with Crippen molar-refractivity contribution in [3.05, 3.63) is 65.6 Å². The predicted molar refractivity (Wildman–Crippen MR) is 115 cm³/mol. The number of benzene rings is 2. The highest BCUT2D eigenvalue weighted by Crippen LogP contribution is 2.32. The maximum absolute atomic E-state index is 13.9. The van der Waals surface area contributed by atoms with Gasteiger partial charge in [-0.05, 0) is 24.6 Å². The molecule has 0 bridgehead atoms. The van der Waals surface area contributed by atoms with Crippen molar-refractivity contribution in [3.8, 4) is 11.4 Å². The van der Waals surface area contributed by atoms with E-state index in [-0.39, 0.29) is 23.7 Å². The normalized spacial score (nSPS) is 22.9. The molecule has 0 radical (unpaired) electrons. The third kappa shape index (κ3) is 3.88. The summed E-state index contributed by atoms with van der Waals surface area (Å²) < 4.78 is 32.8. The van der Waals surface area contributed by atoms with Gasteiger partial charge in [-0.15, -0.1) is 11.8 Å². The Morgan fingerprint density at radius 3 is 2.88 bits per heavy atom. The SMILES string of the molecule is Cc1ccccc1-c1noc(CSC2NC3NNCC3C(=O)N2c2ccc(F)c(F)c2)n1. The van der Waals surface area contributed by atoms with Crippen LogP contribution in [-0.4, -0.2) is 34.3 Å². The van der Waals surface area contributed by atoms with Gasteiger partial charge < -0.3 is 4.52 Å². The fourth-order valence-corrected chi connectivity index (χ4v) is 4.86. The van der Waals surface area contributed by atoms with Crippen LogP contribution in [-0.2, 0) is 10.5 Å². The number of hydrogen-bond donors (Lipinski definition) is 3. The van der Waals surface area contributed by atoms with Gasteiger partial charge in [0, 0.05) is 23.9 Å². The highest BCUT2D eigenvalue weighted by Gasteiger charge is 2.45. The molecule has 2 aromatic carbocycles. The predicted octanol–water partition coefficient (Wildman–Crippen LogP) is 2.53. The second-order valence-electron chi connectivity index (χ2n) is 7.57. The number of fused-ring (bicyclic) bond motifs is 1. The molecule has 32 heavy (non-hydrogen) atoms. The van der Waals surface area contributed by atoms with Crippen LogP contribution in [0.15, 0.2) is 47.0 Å². The summed E-state index contributed by atoms with van der Waals surface area (Å²) in [5, 5.41) is 7.40. The number of nitrogens with zero attached hydrogens (tertiary/aromatic N) is 3. The Morgan fingerprint density at radius 1 is 1.22 bits per heavy atom. The van der Waals surface area contributed by atoms with E-state index in [9.17, 15) is 13.6 Å². The zero-order valence-electron chi connectivity index (χ0n) is 17.0. The van der Waals surface area contributed by atoms with Gasteiger partial charge in [0.05, 0.1) is 17.8 Å². The van der Waals surface area contributed by atoms with E-state index in [1.807, 2.05) is 31.2 Å². The fraction of sp³-hybridized carbons (Fsp3) is 0.286. The van der Waals surface area contributed by atoms with E-state index >= 15 is 0 Å². The van der Waals surface area contributed by atoms with Crippen molar-refractivity contribution in [2.75, 3.05) is 11.4 Å². The lowest BCUT2D eigenvalue weighted by Gasteiger charge is -2.41. The zero-order valence-corrected chi connectivity index (χ0v) is 17.8. The van der Waals surface area contributed by atoms with Crippen molar-refractivity contribution in [1.29, 1.82) is 0 Å². The molecule has 8 nitrogen and oxygen atoms in total. The molecule has 2 saturated heterocycles. The lowest BCUT2D eigenvalue weighted by molar-refractivity contribution is -0.124.